The molecule has 0 aromatic rings. The van der Waals surface area contributed by atoms with Crippen LogP contribution in [0.2, 0.25) is 0 Å². The zero-order valence-electron chi connectivity index (χ0n) is 8.77. The van der Waals surface area contributed by atoms with E-state index in [1.165, 1.54) is 4.90 Å². The zero-order chi connectivity index (χ0) is 11.0. The van der Waals surface area contributed by atoms with Crippen molar-refractivity contribution in [3.8, 4) is 0 Å². The van der Waals surface area contributed by atoms with Gasteiger partial charge in [0, 0.05) is 6.54 Å². The number of rotatable bonds is 5. The Hall–Kier alpha value is -0.940. The number of carbonyl (C=O) groups is 2. The Morgan fingerprint density at radius 1 is 1.47 bits per heavy atom. The minimum Gasteiger partial charge on any atom is -0.390 e. The maximum atomic E-state index is 11.5. The smallest absolute Gasteiger partial charge is 0.233 e. The first kappa shape index (κ1) is 10.6. The van der Waals surface area contributed by atoms with E-state index < -0.39 is 6.10 Å². The topological polar surface area (TPSA) is 69.6 Å². The number of aliphatic hydroxyl groups is 1. The lowest BCUT2D eigenvalue weighted by Crippen LogP contribution is -2.42. The molecule has 2 rings (SSSR count). The van der Waals surface area contributed by atoms with Crippen LogP contribution in [0.15, 0.2) is 0 Å². The molecule has 0 spiro atoms. The summed E-state index contributed by atoms with van der Waals surface area (Å²) in [4.78, 5) is 24.3. The highest BCUT2D eigenvalue weighted by Gasteiger charge is 2.58. The third kappa shape index (κ3) is 1.89. The quantitative estimate of drug-likeness (QED) is 0.571. The van der Waals surface area contributed by atoms with Gasteiger partial charge >= 0.3 is 0 Å². The summed E-state index contributed by atoms with van der Waals surface area (Å²) in [6.07, 6.45) is 0.0626. The van der Waals surface area contributed by atoms with Crippen LogP contribution in [0.4, 0.5) is 0 Å². The Labute approximate surface area is 88.4 Å². The second kappa shape index (κ2) is 3.90. The largest absolute Gasteiger partial charge is 0.390 e. The Morgan fingerprint density at radius 2 is 2.07 bits per heavy atom. The molecule has 1 heterocycles. The van der Waals surface area contributed by atoms with Crippen molar-refractivity contribution in [3.63, 3.8) is 0 Å². The Morgan fingerprint density at radius 3 is 2.60 bits per heavy atom. The number of likely N-dealkylation sites (tertiary alicyclic amines) is 1. The molecule has 84 valence electrons. The Bertz CT molecular complexity index is 272. The maximum Gasteiger partial charge on any atom is 0.233 e. The van der Waals surface area contributed by atoms with Crippen LogP contribution in [0.5, 0.6) is 0 Å². The summed E-state index contributed by atoms with van der Waals surface area (Å²) >= 11 is 0. The van der Waals surface area contributed by atoms with E-state index in [2.05, 4.69) is 5.32 Å². The number of β-amino-alcohol motifs (C(OH)–C–C–N with tert-alkyl or cyclic N) is 1. The molecule has 0 aromatic carbocycles. The van der Waals surface area contributed by atoms with E-state index in [0.29, 0.717) is 6.54 Å². The van der Waals surface area contributed by atoms with Gasteiger partial charge in [0.15, 0.2) is 0 Å². The van der Waals surface area contributed by atoms with Crippen molar-refractivity contribution in [3.05, 3.63) is 0 Å². The van der Waals surface area contributed by atoms with E-state index >= 15 is 0 Å². The van der Waals surface area contributed by atoms with Crippen LogP contribution in [0.1, 0.15) is 13.3 Å². The molecule has 2 fully saturated rings. The molecule has 0 aromatic heterocycles. The van der Waals surface area contributed by atoms with E-state index in [4.69, 9.17) is 0 Å². The second-order valence-corrected chi connectivity index (χ2v) is 4.20. The minimum absolute atomic E-state index is 0.0659. The molecule has 15 heavy (non-hydrogen) atoms. The standard InChI is InChI=1S/C10H16N2O3/c1-2-11-4-6(13)5-12-9(14)7-3-8(7)10(12)15/h6-8,11,13H,2-5H2,1H3. The molecule has 0 bridgehead atoms. The van der Waals surface area contributed by atoms with Gasteiger partial charge in [-0.15, -0.1) is 0 Å². The van der Waals surface area contributed by atoms with Crippen LogP contribution in [-0.2, 0) is 9.59 Å². The first-order valence-electron chi connectivity index (χ1n) is 5.39. The normalized spacial score (nSPS) is 30.7. The SMILES string of the molecule is CCNCC(O)CN1C(=O)C2CC2C1=O. The number of piperidine rings is 1. The predicted molar refractivity (Wildman–Crippen MR) is 52.9 cm³/mol. The lowest BCUT2D eigenvalue weighted by molar-refractivity contribution is -0.142. The highest BCUT2D eigenvalue weighted by molar-refractivity contribution is 6.08. The lowest BCUT2D eigenvalue weighted by Gasteiger charge is -2.20. The second-order valence-electron chi connectivity index (χ2n) is 4.20. The molecule has 1 saturated heterocycles. The Kier molecular flexibility index (Phi) is 2.75. The van der Waals surface area contributed by atoms with Gasteiger partial charge in [-0.25, -0.2) is 0 Å². The summed E-state index contributed by atoms with van der Waals surface area (Å²) in [5.74, 6) is -0.325. The van der Waals surface area contributed by atoms with Crippen molar-refractivity contribution in [2.75, 3.05) is 19.6 Å². The fourth-order valence-electron chi connectivity index (χ4n) is 2.02. The number of nitrogens with one attached hydrogen (secondary N) is 1. The van der Waals surface area contributed by atoms with Crippen LogP contribution in [0.3, 0.4) is 0 Å². The number of amides is 2. The highest BCUT2D eigenvalue weighted by atomic mass is 16.3. The number of nitrogens with zero attached hydrogens (tertiary/aromatic N) is 1. The highest BCUT2D eigenvalue weighted by Crippen LogP contribution is 2.46. The summed E-state index contributed by atoms with van der Waals surface area (Å²) < 4.78 is 0. The van der Waals surface area contributed by atoms with Crippen molar-refractivity contribution in [2.45, 2.75) is 19.4 Å². The summed E-state index contributed by atoms with van der Waals surface area (Å²) in [6.45, 7) is 3.26. The van der Waals surface area contributed by atoms with Gasteiger partial charge in [-0.3, -0.25) is 14.5 Å². The summed E-state index contributed by atoms with van der Waals surface area (Å²) in [6, 6.07) is 0. The van der Waals surface area contributed by atoms with E-state index in [0.717, 1.165) is 13.0 Å². The first-order chi connectivity index (χ1) is 7.15. The number of aliphatic hydroxyl groups excluding tert-OH is 1. The number of imide groups is 1. The zero-order valence-corrected chi connectivity index (χ0v) is 8.77. The molecule has 2 aliphatic rings. The van der Waals surface area contributed by atoms with Gasteiger partial charge in [-0.2, -0.15) is 0 Å². The molecule has 5 nitrogen and oxygen atoms in total. The molecule has 3 atom stereocenters. The lowest BCUT2D eigenvalue weighted by atomic mass is 10.3. The van der Waals surface area contributed by atoms with Gasteiger partial charge in [-0.1, -0.05) is 6.92 Å². The molecule has 3 unspecified atom stereocenters. The number of carbonyl (C=O) groups excluding carboxylic acids is 2. The number of likely N-dealkylation sites (N-methyl/N-ethyl adjacent to an activating group) is 1. The van der Waals surface area contributed by atoms with Crippen LogP contribution in [0.25, 0.3) is 0 Å². The molecular weight excluding hydrogens is 196 g/mol. The molecule has 2 amide bonds. The number of fused-ring (bicyclic) bond motifs is 1. The van der Waals surface area contributed by atoms with Crippen molar-refractivity contribution >= 4 is 11.8 Å². The fraction of sp³-hybridized carbons (Fsp3) is 0.800. The predicted octanol–water partition coefficient (Wildman–Crippen LogP) is -1.04. The van der Waals surface area contributed by atoms with Crippen molar-refractivity contribution < 1.29 is 14.7 Å². The monoisotopic (exact) mass is 212 g/mol. The van der Waals surface area contributed by atoms with Gasteiger partial charge in [0.25, 0.3) is 0 Å². The average Bonchev–Trinajstić information content (AvgIpc) is 2.96. The van der Waals surface area contributed by atoms with Gasteiger partial charge in [0.05, 0.1) is 24.5 Å². The van der Waals surface area contributed by atoms with Crippen LogP contribution in [-0.4, -0.2) is 47.6 Å². The molecule has 2 N–H and O–H groups in total. The van der Waals surface area contributed by atoms with Crippen molar-refractivity contribution in [1.29, 1.82) is 0 Å². The Balaban J connectivity index is 1.84. The summed E-state index contributed by atoms with van der Waals surface area (Å²) in [5, 5.41) is 12.5. The van der Waals surface area contributed by atoms with E-state index in [9.17, 15) is 14.7 Å². The molecule has 1 aliphatic carbocycles. The van der Waals surface area contributed by atoms with Crippen molar-refractivity contribution in [2.24, 2.45) is 11.8 Å². The molecular formula is C10H16N2O3. The van der Waals surface area contributed by atoms with E-state index in [1.807, 2.05) is 6.92 Å². The van der Waals surface area contributed by atoms with E-state index in [1.54, 1.807) is 0 Å². The minimum atomic E-state index is -0.657. The average molecular weight is 212 g/mol. The van der Waals surface area contributed by atoms with Crippen LogP contribution in [0, 0.1) is 11.8 Å². The third-order valence-corrected chi connectivity index (χ3v) is 2.98. The first-order valence-corrected chi connectivity index (χ1v) is 5.39. The molecule has 5 heteroatoms. The third-order valence-electron chi connectivity index (χ3n) is 2.98. The van der Waals surface area contributed by atoms with E-state index in [-0.39, 0.29) is 30.2 Å². The summed E-state index contributed by atoms with van der Waals surface area (Å²) in [7, 11) is 0. The number of hydrogen-bond donors (Lipinski definition) is 2. The van der Waals surface area contributed by atoms with Gasteiger partial charge < -0.3 is 10.4 Å². The van der Waals surface area contributed by atoms with Crippen LogP contribution >= 0.6 is 0 Å². The maximum absolute atomic E-state index is 11.5. The van der Waals surface area contributed by atoms with Gasteiger partial charge in [0.2, 0.25) is 11.8 Å². The number of hydrogen-bond acceptors (Lipinski definition) is 4. The molecule has 0 radical (unpaired) electrons. The molecule has 1 saturated carbocycles. The molecule has 1 aliphatic heterocycles. The van der Waals surface area contributed by atoms with Crippen molar-refractivity contribution in [1.82, 2.24) is 10.2 Å². The van der Waals surface area contributed by atoms with Gasteiger partial charge in [-0.05, 0) is 13.0 Å². The van der Waals surface area contributed by atoms with Gasteiger partial charge in [0.1, 0.15) is 0 Å². The summed E-state index contributed by atoms with van der Waals surface area (Å²) in [5.41, 5.74) is 0. The fourth-order valence-corrected chi connectivity index (χ4v) is 2.02. The van der Waals surface area contributed by atoms with Crippen LogP contribution < -0.4 is 5.32 Å².